The summed E-state index contributed by atoms with van der Waals surface area (Å²) in [7, 11) is 0. The van der Waals surface area contributed by atoms with Gasteiger partial charge in [0.2, 0.25) is 5.91 Å². The quantitative estimate of drug-likeness (QED) is 0.618. The largest absolute Gasteiger partial charge is 0.481 e. The average molecular weight is 336 g/mol. The van der Waals surface area contributed by atoms with Crippen molar-refractivity contribution in [1.82, 2.24) is 4.98 Å². The Morgan fingerprint density at radius 1 is 1.39 bits per heavy atom. The molecule has 0 radical (unpaired) electrons. The summed E-state index contributed by atoms with van der Waals surface area (Å²) in [6.45, 7) is 0. The molecule has 98 valence electrons. The second kappa shape index (κ2) is 7.33. The van der Waals surface area contributed by atoms with Gasteiger partial charge in [0.05, 0.1) is 16.4 Å². The Balaban J connectivity index is 2.35. The molecular formula is C11H12BrClN2O3. The number of carboxylic acid groups (broad SMARTS) is 1. The molecule has 1 aromatic heterocycles. The second-order valence-corrected chi connectivity index (χ2v) is 4.86. The van der Waals surface area contributed by atoms with E-state index in [9.17, 15) is 9.59 Å². The third-order valence-corrected chi connectivity index (χ3v) is 3.26. The molecule has 0 aromatic carbocycles. The number of carboxylic acids is 1. The number of pyridine rings is 1. The molecule has 0 spiro atoms. The van der Waals surface area contributed by atoms with Crippen LogP contribution in [0.4, 0.5) is 5.69 Å². The van der Waals surface area contributed by atoms with Crippen LogP contribution < -0.4 is 5.32 Å². The van der Waals surface area contributed by atoms with Crippen LogP contribution in [0.25, 0.3) is 0 Å². The van der Waals surface area contributed by atoms with Crippen LogP contribution in [0, 0.1) is 0 Å². The van der Waals surface area contributed by atoms with Crippen molar-refractivity contribution < 1.29 is 14.7 Å². The highest BCUT2D eigenvalue weighted by Gasteiger charge is 2.05. The SMILES string of the molecule is O=C(O)CCCCC(=O)Nc1cnc(Cl)c(Br)c1. The molecule has 0 saturated heterocycles. The Bertz CT molecular complexity index is 454. The summed E-state index contributed by atoms with van der Waals surface area (Å²) in [5.41, 5.74) is 0.550. The summed E-state index contributed by atoms with van der Waals surface area (Å²) in [6, 6.07) is 1.66. The van der Waals surface area contributed by atoms with Gasteiger partial charge < -0.3 is 10.4 Å². The van der Waals surface area contributed by atoms with E-state index in [4.69, 9.17) is 16.7 Å². The molecule has 1 amide bonds. The zero-order valence-electron chi connectivity index (χ0n) is 9.45. The van der Waals surface area contributed by atoms with Crippen molar-refractivity contribution >= 4 is 45.1 Å². The number of amides is 1. The lowest BCUT2D eigenvalue weighted by molar-refractivity contribution is -0.137. The van der Waals surface area contributed by atoms with Gasteiger partial charge in [0.25, 0.3) is 0 Å². The van der Waals surface area contributed by atoms with Gasteiger partial charge in [-0.15, -0.1) is 0 Å². The Morgan fingerprint density at radius 2 is 2.06 bits per heavy atom. The minimum Gasteiger partial charge on any atom is -0.481 e. The van der Waals surface area contributed by atoms with E-state index < -0.39 is 5.97 Å². The molecule has 18 heavy (non-hydrogen) atoms. The van der Waals surface area contributed by atoms with E-state index in [-0.39, 0.29) is 18.7 Å². The van der Waals surface area contributed by atoms with E-state index in [2.05, 4.69) is 26.2 Å². The predicted molar refractivity (Wildman–Crippen MR) is 71.7 cm³/mol. The van der Waals surface area contributed by atoms with Crippen molar-refractivity contribution in [1.29, 1.82) is 0 Å². The van der Waals surface area contributed by atoms with Crippen molar-refractivity contribution in [3.05, 3.63) is 21.9 Å². The molecule has 5 nitrogen and oxygen atoms in total. The van der Waals surface area contributed by atoms with Crippen LogP contribution in [0.2, 0.25) is 5.15 Å². The molecular weight excluding hydrogens is 323 g/mol. The van der Waals surface area contributed by atoms with E-state index >= 15 is 0 Å². The molecule has 0 atom stereocenters. The van der Waals surface area contributed by atoms with Gasteiger partial charge in [0.1, 0.15) is 5.15 Å². The van der Waals surface area contributed by atoms with Gasteiger partial charge in [-0.05, 0) is 34.8 Å². The molecule has 0 unspecified atom stereocenters. The predicted octanol–water partition coefficient (Wildman–Crippen LogP) is 3.08. The molecule has 0 saturated carbocycles. The van der Waals surface area contributed by atoms with Crippen LogP contribution in [0.3, 0.4) is 0 Å². The van der Waals surface area contributed by atoms with Gasteiger partial charge in [-0.3, -0.25) is 9.59 Å². The zero-order valence-corrected chi connectivity index (χ0v) is 11.8. The van der Waals surface area contributed by atoms with Gasteiger partial charge in [-0.2, -0.15) is 0 Å². The number of hydrogen-bond donors (Lipinski definition) is 2. The van der Waals surface area contributed by atoms with Gasteiger partial charge >= 0.3 is 5.97 Å². The first kappa shape index (κ1) is 14.9. The van der Waals surface area contributed by atoms with Crippen LogP contribution in [0.5, 0.6) is 0 Å². The molecule has 0 fully saturated rings. The smallest absolute Gasteiger partial charge is 0.303 e. The highest BCUT2D eigenvalue weighted by atomic mass is 79.9. The molecule has 0 aliphatic rings. The molecule has 1 aromatic rings. The summed E-state index contributed by atoms with van der Waals surface area (Å²) >= 11 is 8.93. The summed E-state index contributed by atoms with van der Waals surface area (Å²) in [4.78, 5) is 25.7. The fraction of sp³-hybridized carbons (Fsp3) is 0.364. The Labute approximate surface area is 118 Å². The van der Waals surface area contributed by atoms with Gasteiger partial charge in [0.15, 0.2) is 0 Å². The highest BCUT2D eigenvalue weighted by molar-refractivity contribution is 9.10. The van der Waals surface area contributed by atoms with Crippen LogP contribution in [-0.2, 0) is 9.59 Å². The molecule has 1 rings (SSSR count). The number of hydrogen-bond acceptors (Lipinski definition) is 3. The first-order valence-corrected chi connectivity index (χ1v) is 6.49. The maximum absolute atomic E-state index is 11.5. The normalized spacial score (nSPS) is 10.1. The Hall–Kier alpha value is -1.14. The lowest BCUT2D eigenvalue weighted by atomic mass is 10.2. The van der Waals surface area contributed by atoms with Crippen molar-refractivity contribution in [2.75, 3.05) is 5.32 Å². The van der Waals surface area contributed by atoms with E-state index in [0.717, 1.165) is 0 Å². The van der Waals surface area contributed by atoms with Crippen LogP contribution in [0.15, 0.2) is 16.7 Å². The number of unbranched alkanes of at least 4 members (excludes halogenated alkanes) is 1. The fourth-order valence-corrected chi connectivity index (χ4v) is 1.73. The van der Waals surface area contributed by atoms with E-state index in [1.807, 2.05) is 0 Å². The summed E-state index contributed by atoms with van der Waals surface area (Å²) < 4.78 is 0.604. The maximum Gasteiger partial charge on any atom is 0.303 e. The topological polar surface area (TPSA) is 79.3 Å². The second-order valence-electron chi connectivity index (χ2n) is 3.65. The van der Waals surface area contributed by atoms with Gasteiger partial charge in [0, 0.05) is 12.8 Å². The van der Waals surface area contributed by atoms with E-state index in [1.54, 1.807) is 6.07 Å². The molecule has 0 aliphatic heterocycles. The summed E-state index contributed by atoms with van der Waals surface area (Å²) in [5, 5.41) is 11.4. The van der Waals surface area contributed by atoms with Crippen LogP contribution in [0.1, 0.15) is 25.7 Å². The van der Waals surface area contributed by atoms with E-state index in [0.29, 0.717) is 28.2 Å². The Kier molecular flexibility index (Phi) is 6.07. The molecule has 2 N–H and O–H groups in total. The monoisotopic (exact) mass is 334 g/mol. The standard InChI is InChI=1S/C11H12BrClN2O3/c12-8-5-7(6-14-11(8)13)15-9(16)3-1-2-4-10(17)18/h5-6H,1-4H2,(H,15,16)(H,17,18). The number of carbonyl (C=O) groups excluding carboxylic acids is 1. The van der Waals surface area contributed by atoms with Crippen LogP contribution >= 0.6 is 27.5 Å². The highest BCUT2D eigenvalue weighted by Crippen LogP contribution is 2.22. The fourth-order valence-electron chi connectivity index (χ4n) is 1.27. The number of anilines is 1. The first-order valence-electron chi connectivity index (χ1n) is 5.31. The van der Waals surface area contributed by atoms with Crippen molar-refractivity contribution in [2.24, 2.45) is 0 Å². The number of aliphatic carboxylic acids is 1. The molecule has 0 aliphatic carbocycles. The first-order chi connectivity index (χ1) is 8.49. The number of aromatic nitrogens is 1. The lowest BCUT2D eigenvalue weighted by Crippen LogP contribution is -2.11. The minimum atomic E-state index is -0.846. The van der Waals surface area contributed by atoms with Crippen LogP contribution in [-0.4, -0.2) is 22.0 Å². The third-order valence-electron chi connectivity index (χ3n) is 2.12. The minimum absolute atomic E-state index is 0.0847. The van der Waals surface area contributed by atoms with Crippen molar-refractivity contribution in [3.8, 4) is 0 Å². The van der Waals surface area contributed by atoms with Gasteiger partial charge in [-0.1, -0.05) is 11.6 Å². The number of carbonyl (C=O) groups is 2. The summed E-state index contributed by atoms with van der Waals surface area (Å²) in [6.07, 6.45) is 2.86. The average Bonchev–Trinajstić information content (AvgIpc) is 2.29. The Morgan fingerprint density at radius 3 is 2.67 bits per heavy atom. The molecule has 7 heteroatoms. The zero-order chi connectivity index (χ0) is 13.5. The number of nitrogens with zero attached hydrogens (tertiary/aromatic N) is 1. The third kappa shape index (κ3) is 5.46. The van der Waals surface area contributed by atoms with Crippen molar-refractivity contribution in [3.63, 3.8) is 0 Å². The summed E-state index contributed by atoms with van der Waals surface area (Å²) in [5.74, 6) is -1.02. The number of nitrogens with one attached hydrogen (secondary N) is 1. The molecule has 0 bridgehead atoms. The maximum atomic E-state index is 11.5. The molecule has 1 heterocycles. The van der Waals surface area contributed by atoms with E-state index in [1.165, 1.54) is 6.20 Å². The lowest BCUT2D eigenvalue weighted by Gasteiger charge is -2.05. The number of halogens is 2. The van der Waals surface area contributed by atoms with Gasteiger partial charge in [-0.25, -0.2) is 4.98 Å². The van der Waals surface area contributed by atoms with Crippen molar-refractivity contribution in [2.45, 2.75) is 25.7 Å². The number of rotatable bonds is 6.